The number of ether oxygens (including phenoxy) is 2. The van der Waals surface area contributed by atoms with E-state index in [0.717, 1.165) is 24.0 Å². The number of hydrogen-bond donors (Lipinski definition) is 0. The number of carbonyl (C=O) groups is 1. The van der Waals surface area contributed by atoms with Crippen LogP contribution in [0.4, 0.5) is 4.79 Å². The zero-order chi connectivity index (χ0) is 17.0. The number of hydrogen-bond acceptors (Lipinski definition) is 3. The molecule has 1 radical (unpaired) electrons. The fraction of sp³-hybridized carbons (Fsp3) is 0.381. The van der Waals surface area contributed by atoms with Crippen molar-refractivity contribution in [2.24, 2.45) is 0 Å². The van der Waals surface area contributed by atoms with Crippen LogP contribution in [0.3, 0.4) is 0 Å². The standard InChI is InChI=1S/C21H25O3/c1-2-3-4-5-6-10-17-23-21(22)24-20-15-13-19(14-16-20)18-11-8-7-9-12-18/h8-9,11-16H,2-6,10,17H2,1H3. The molecule has 0 aliphatic heterocycles. The van der Waals surface area contributed by atoms with Crippen molar-refractivity contribution in [1.29, 1.82) is 0 Å². The topological polar surface area (TPSA) is 35.5 Å². The van der Waals surface area contributed by atoms with Gasteiger partial charge >= 0.3 is 6.16 Å². The highest BCUT2D eigenvalue weighted by Crippen LogP contribution is 2.22. The lowest BCUT2D eigenvalue weighted by Crippen LogP contribution is -2.11. The zero-order valence-electron chi connectivity index (χ0n) is 14.3. The van der Waals surface area contributed by atoms with Crippen LogP contribution in [-0.2, 0) is 4.74 Å². The minimum absolute atomic E-state index is 0.420. The smallest absolute Gasteiger partial charge is 0.434 e. The number of benzene rings is 2. The molecule has 3 heteroatoms. The lowest BCUT2D eigenvalue weighted by Gasteiger charge is -2.07. The first-order valence-electron chi connectivity index (χ1n) is 8.71. The van der Waals surface area contributed by atoms with Crippen molar-refractivity contribution >= 4 is 6.16 Å². The molecule has 0 aliphatic rings. The lowest BCUT2D eigenvalue weighted by molar-refractivity contribution is 0.0973. The number of unbranched alkanes of at least 4 members (excludes halogenated alkanes) is 5. The summed E-state index contributed by atoms with van der Waals surface area (Å²) in [5.41, 5.74) is 2.17. The SMILES string of the molecule is CCCCCCCCOC(=O)Oc1ccc(-c2cc[c]cc2)cc1. The molecule has 0 aliphatic carbocycles. The summed E-state index contributed by atoms with van der Waals surface area (Å²) in [5.74, 6) is 0.495. The highest BCUT2D eigenvalue weighted by Gasteiger charge is 2.06. The van der Waals surface area contributed by atoms with Crippen LogP contribution in [0.25, 0.3) is 11.1 Å². The largest absolute Gasteiger partial charge is 0.513 e. The molecule has 0 heterocycles. The maximum Gasteiger partial charge on any atom is 0.513 e. The number of carbonyl (C=O) groups excluding carboxylic acids is 1. The van der Waals surface area contributed by atoms with E-state index >= 15 is 0 Å². The Morgan fingerprint density at radius 2 is 1.50 bits per heavy atom. The zero-order valence-corrected chi connectivity index (χ0v) is 14.3. The summed E-state index contributed by atoms with van der Waals surface area (Å²) in [7, 11) is 0. The van der Waals surface area contributed by atoms with Gasteiger partial charge in [0, 0.05) is 0 Å². The van der Waals surface area contributed by atoms with Gasteiger partial charge in [-0.15, -0.1) is 0 Å². The second-order valence-corrected chi connectivity index (χ2v) is 5.78. The summed E-state index contributed by atoms with van der Waals surface area (Å²) in [5, 5.41) is 0. The molecule has 127 valence electrons. The molecule has 3 nitrogen and oxygen atoms in total. The van der Waals surface area contributed by atoms with Crippen LogP contribution in [0.5, 0.6) is 5.75 Å². The maximum absolute atomic E-state index is 11.7. The van der Waals surface area contributed by atoms with E-state index in [0.29, 0.717) is 12.4 Å². The quantitative estimate of drug-likeness (QED) is 0.321. The molecule has 0 fully saturated rings. The summed E-state index contributed by atoms with van der Waals surface area (Å²) >= 11 is 0. The summed E-state index contributed by atoms with van der Waals surface area (Å²) in [6, 6.07) is 18.1. The molecule has 0 amide bonds. The Morgan fingerprint density at radius 3 is 2.21 bits per heavy atom. The minimum atomic E-state index is -0.634. The van der Waals surface area contributed by atoms with Crippen molar-refractivity contribution in [3.63, 3.8) is 0 Å². The fourth-order valence-electron chi connectivity index (χ4n) is 2.46. The van der Waals surface area contributed by atoms with Crippen LogP contribution in [0.15, 0.2) is 48.5 Å². The van der Waals surface area contributed by atoms with Crippen molar-refractivity contribution in [1.82, 2.24) is 0 Å². The number of rotatable bonds is 9. The Kier molecular flexibility index (Phi) is 7.88. The van der Waals surface area contributed by atoms with Crippen LogP contribution >= 0.6 is 0 Å². The van der Waals surface area contributed by atoms with E-state index < -0.39 is 6.16 Å². The van der Waals surface area contributed by atoms with Gasteiger partial charge in [-0.1, -0.05) is 75.4 Å². The molecule has 0 unspecified atom stereocenters. The Balaban J connectivity index is 1.69. The first kappa shape index (κ1) is 18.1. The first-order chi connectivity index (χ1) is 11.8. The molecule has 2 aromatic carbocycles. The van der Waals surface area contributed by atoms with E-state index in [2.05, 4.69) is 13.0 Å². The monoisotopic (exact) mass is 325 g/mol. The second-order valence-electron chi connectivity index (χ2n) is 5.78. The molecule has 24 heavy (non-hydrogen) atoms. The Morgan fingerprint density at radius 1 is 0.875 bits per heavy atom. The summed E-state index contributed by atoms with van der Waals surface area (Å²) in [6.45, 7) is 2.62. The average Bonchev–Trinajstić information content (AvgIpc) is 2.62. The van der Waals surface area contributed by atoms with Gasteiger partial charge in [-0.25, -0.2) is 4.79 Å². The average molecular weight is 325 g/mol. The van der Waals surface area contributed by atoms with Crippen molar-refractivity contribution in [3.8, 4) is 16.9 Å². The Hall–Kier alpha value is -2.29. The van der Waals surface area contributed by atoms with E-state index in [4.69, 9.17) is 9.47 Å². The van der Waals surface area contributed by atoms with Gasteiger partial charge < -0.3 is 9.47 Å². The van der Waals surface area contributed by atoms with Gasteiger partial charge in [0.1, 0.15) is 5.75 Å². The highest BCUT2D eigenvalue weighted by molar-refractivity contribution is 5.66. The molecular weight excluding hydrogens is 300 g/mol. The van der Waals surface area contributed by atoms with Crippen LogP contribution in [-0.4, -0.2) is 12.8 Å². The minimum Gasteiger partial charge on any atom is -0.434 e. The van der Waals surface area contributed by atoms with Gasteiger partial charge in [0.25, 0.3) is 0 Å². The van der Waals surface area contributed by atoms with Gasteiger partial charge in [-0.3, -0.25) is 0 Å². The predicted molar refractivity (Wildman–Crippen MR) is 96.1 cm³/mol. The van der Waals surface area contributed by atoms with Crippen LogP contribution in [0, 0.1) is 6.07 Å². The third-order valence-electron chi connectivity index (χ3n) is 3.82. The predicted octanol–water partition coefficient (Wildman–Crippen LogP) is 6.03. The van der Waals surface area contributed by atoms with E-state index in [1.165, 1.54) is 25.7 Å². The second kappa shape index (κ2) is 10.5. The molecule has 2 rings (SSSR count). The van der Waals surface area contributed by atoms with Gasteiger partial charge in [0.15, 0.2) is 0 Å². The Bertz CT molecular complexity index is 590. The Labute approximate surface area is 144 Å². The molecule has 0 atom stereocenters. The highest BCUT2D eigenvalue weighted by atomic mass is 16.7. The molecule has 0 saturated carbocycles. The van der Waals surface area contributed by atoms with Crippen molar-refractivity contribution in [2.75, 3.05) is 6.61 Å². The first-order valence-corrected chi connectivity index (χ1v) is 8.71. The van der Waals surface area contributed by atoms with Crippen molar-refractivity contribution in [3.05, 3.63) is 54.6 Å². The van der Waals surface area contributed by atoms with Crippen LogP contribution in [0.2, 0.25) is 0 Å². The molecular formula is C21H25O3. The summed E-state index contributed by atoms with van der Waals surface area (Å²) < 4.78 is 10.3. The fourth-order valence-corrected chi connectivity index (χ4v) is 2.46. The van der Waals surface area contributed by atoms with E-state index in [-0.39, 0.29) is 0 Å². The van der Waals surface area contributed by atoms with Gasteiger partial charge in [0.2, 0.25) is 0 Å². The third kappa shape index (κ3) is 6.45. The van der Waals surface area contributed by atoms with Crippen molar-refractivity contribution < 1.29 is 14.3 Å². The van der Waals surface area contributed by atoms with Gasteiger partial charge in [-0.05, 0) is 35.7 Å². The molecule has 0 saturated heterocycles. The van der Waals surface area contributed by atoms with E-state index in [1.54, 1.807) is 12.1 Å². The third-order valence-corrected chi connectivity index (χ3v) is 3.82. The summed E-state index contributed by atoms with van der Waals surface area (Å²) in [4.78, 5) is 11.7. The molecule has 0 spiro atoms. The van der Waals surface area contributed by atoms with Gasteiger partial charge in [-0.2, -0.15) is 0 Å². The molecule has 0 bridgehead atoms. The normalized spacial score (nSPS) is 10.4. The van der Waals surface area contributed by atoms with Crippen LogP contribution < -0.4 is 4.74 Å². The maximum atomic E-state index is 11.7. The summed E-state index contributed by atoms with van der Waals surface area (Å²) in [6.07, 6.45) is 6.33. The molecule has 2 aromatic rings. The van der Waals surface area contributed by atoms with E-state index in [1.807, 2.05) is 36.4 Å². The van der Waals surface area contributed by atoms with Crippen LogP contribution in [0.1, 0.15) is 45.4 Å². The van der Waals surface area contributed by atoms with E-state index in [9.17, 15) is 4.79 Å². The van der Waals surface area contributed by atoms with Crippen molar-refractivity contribution in [2.45, 2.75) is 45.4 Å². The molecule has 0 N–H and O–H groups in total. The lowest BCUT2D eigenvalue weighted by atomic mass is 10.1. The molecule has 0 aromatic heterocycles. The van der Waals surface area contributed by atoms with Gasteiger partial charge in [0.05, 0.1) is 6.61 Å².